The van der Waals surface area contributed by atoms with Crippen molar-refractivity contribution in [2.75, 3.05) is 18.0 Å². The zero-order valence-electron chi connectivity index (χ0n) is 14.6. The van der Waals surface area contributed by atoms with E-state index in [-0.39, 0.29) is 17.4 Å². The Hall–Kier alpha value is -1.96. The number of amides is 1. The van der Waals surface area contributed by atoms with Crippen molar-refractivity contribution < 1.29 is 4.79 Å². The van der Waals surface area contributed by atoms with Crippen molar-refractivity contribution in [1.82, 2.24) is 25.1 Å². The molecule has 1 saturated heterocycles. The quantitative estimate of drug-likeness (QED) is 0.918. The Kier molecular flexibility index (Phi) is 4.58. The van der Waals surface area contributed by atoms with Crippen LogP contribution in [0.5, 0.6) is 0 Å². The van der Waals surface area contributed by atoms with E-state index in [1.54, 1.807) is 28.4 Å². The molecule has 1 aliphatic rings. The summed E-state index contributed by atoms with van der Waals surface area (Å²) in [6, 6.07) is 0.107. The van der Waals surface area contributed by atoms with Crippen molar-refractivity contribution in [3.8, 4) is 0 Å². The largest absolute Gasteiger partial charge is 0.346 e. The van der Waals surface area contributed by atoms with Gasteiger partial charge in [0, 0.05) is 37.8 Å². The van der Waals surface area contributed by atoms with Gasteiger partial charge in [0.25, 0.3) is 5.91 Å². The standard InChI is InChI=1S/C16H24N6OS/c1-16(2,3)14-19-20-15(24-14)22-7-5-6-11(8-22)18-13(23)12-9-21(4)10-17-12/h9-11H,5-8H2,1-4H3,(H,18,23). The number of carbonyl (C=O) groups excluding carboxylic acids is 1. The molecule has 0 spiro atoms. The number of anilines is 1. The summed E-state index contributed by atoms with van der Waals surface area (Å²) in [6.45, 7) is 8.14. The molecule has 0 bridgehead atoms. The molecule has 0 aromatic carbocycles. The van der Waals surface area contributed by atoms with Gasteiger partial charge in [0.15, 0.2) is 0 Å². The average Bonchev–Trinajstić information content (AvgIpc) is 3.16. The molecule has 1 atom stereocenters. The predicted molar refractivity (Wildman–Crippen MR) is 94.5 cm³/mol. The van der Waals surface area contributed by atoms with Crippen molar-refractivity contribution >= 4 is 22.4 Å². The molecule has 24 heavy (non-hydrogen) atoms. The zero-order chi connectivity index (χ0) is 17.3. The van der Waals surface area contributed by atoms with Gasteiger partial charge in [-0.2, -0.15) is 0 Å². The molecule has 7 nitrogen and oxygen atoms in total. The first kappa shape index (κ1) is 16.9. The summed E-state index contributed by atoms with van der Waals surface area (Å²) in [7, 11) is 1.86. The number of aryl methyl sites for hydroxylation is 1. The summed E-state index contributed by atoms with van der Waals surface area (Å²) in [5.41, 5.74) is 0.471. The second kappa shape index (κ2) is 6.51. The lowest BCUT2D eigenvalue weighted by atomic mass is 9.98. The molecule has 0 radical (unpaired) electrons. The smallest absolute Gasteiger partial charge is 0.271 e. The summed E-state index contributed by atoms with van der Waals surface area (Å²) in [5, 5.41) is 13.7. The van der Waals surface area contributed by atoms with Crippen molar-refractivity contribution in [2.24, 2.45) is 7.05 Å². The van der Waals surface area contributed by atoms with E-state index in [1.807, 2.05) is 7.05 Å². The summed E-state index contributed by atoms with van der Waals surface area (Å²) in [5.74, 6) is -0.116. The number of nitrogens with one attached hydrogen (secondary N) is 1. The highest BCUT2D eigenvalue weighted by molar-refractivity contribution is 7.15. The van der Waals surface area contributed by atoms with Gasteiger partial charge in [0.05, 0.1) is 6.33 Å². The predicted octanol–water partition coefficient (Wildman–Crippen LogP) is 1.97. The fourth-order valence-electron chi connectivity index (χ4n) is 2.70. The molecule has 1 fully saturated rings. The molecule has 130 valence electrons. The highest BCUT2D eigenvalue weighted by Crippen LogP contribution is 2.31. The number of hydrogen-bond acceptors (Lipinski definition) is 6. The molecule has 1 N–H and O–H groups in total. The number of carbonyl (C=O) groups is 1. The van der Waals surface area contributed by atoms with Gasteiger partial charge >= 0.3 is 0 Å². The van der Waals surface area contributed by atoms with Crippen LogP contribution in [0.15, 0.2) is 12.5 Å². The molecule has 0 saturated carbocycles. The lowest BCUT2D eigenvalue weighted by molar-refractivity contribution is 0.0928. The third-order valence-electron chi connectivity index (χ3n) is 4.02. The minimum absolute atomic E-state index is 0.0122. The van der Waals surface area contributed by atoms with Crippen LogP contribution in [0.1, 0.15) is 49.1 Å². The Labute approximate surface area is 146 Å². The van der Waals surface area contributed by atoms with E-state index < -0.39 is 0 Å². The third kappa shape index (κ3) is 3.75. The summed E-state index contributed by atoms with van der Waals surface area (Å²) < 4.78 is 1.78. The second-order valence-corrected chi connectivity index (χ2v) is 8.28. The van der Waals surface area contributed by atoms with Crippen LogP contribution in [0, 0.1) is 0 Å². The maximum absolute atomic E-state index is 12.3. The Morgan fingerprint density at radius 3 is 2.79 bits per heavy atom. The molecule has 1 unspecified atom stereocenters. The van der Waals surface area contributed by atoms with Crippen LogP contribution in [0.25, 0.3) is 0 Å². The van der Waals surface area contributed by atoms with Gasteiger partial charge in [0.1, 0.15) is 10.7 Å². The van der Waals surface area contributed by atoms with E-state index in [1.165, 1.54) is 0 Å². The van der Waals surface area contributed by atoms with Gasteiger partial charge in [-0.05, 0) is 12.8 Å². The van der Waals surface area contributed by atoms with Gasteiger partial charge < -0.3 is 14.8 Å². The van der Waals surface area contributed by atoms with E-state index in [9.17, 15) is 4.79 Å². The van der Waals surface area contributed by atoms with E-state index in [2.05, 4.69) is 46.2 Å². The van der Waals surface area contributed by atoms with Crippen molar-refractivity contribution in [3.05, 3.63) is 23.2 Å². The van der Waals surface area contributed by atoms with Gasteiger partial charge in [-0.1, -0.05) is 32.1 Å². The number of rotatable bonds is 3. The number of imidazole rings is 1. The molecule has 3 rings (SSSR count). The van der Waals surface area contributed by atoms with Crippen LogP contribution >= 0.6 is 11.3 Å². The van der Waals surface area contributed by atoms with Crippen LogP contribution < -0.4 is 10.2 Å². The molecule has 2 aromatic heterocycles. The Balaban J connectivity index is 1.64. The molecular weight excluding hydrogens is 324 g/mol. The SMILES string of the molecule is Cn1cnc(C(=O)NC2CCCN(c3nnc(C(C)(C)C)s3)C2)c1. The molecule has 2 aromatic rings. The van der Waals surface area contributed by atoms with Crippen LogP contribution in [0.3, 0.4) is 0 Å². The minimum Gasteiger partial charge on any atom is -0.346 e. The van der Waals surface area contributed by atoms with E-state index in [0.717, 1.165) is 36.1 Å². The van der Waals surface area contributed by atoms with E-state index >= 15 is 0 Å². The number of nitrogens with zero attached hydrogens (tertiary/aromatic N) is 5. The van der Waals surface area contributed by atoms with Crippen molar-refractivity contribution in [1.29, 1.82) is 0 Å². The van der Waals surface area contributed by atoms with Crippen LogP contribution in [0.2, 0.25) is 0 Å². The van der Waals surface area contributed by atoms with Crippen molar-refractivity contribution in [2.45, 2.75) is 45.1 Å². The molecule has 1 amide bonds. The Morgan fingerprint density at radius 2 is 2.17 bits per heavy atom. The number of aromatic nitrogens is 4. The molecule has 8 heteroatoms. The maximum atomic E-state index is 12.3. The van der Waals surface area contributed by atoms with Gasteiger partial charge in [-0.3, -0.25) is 4.79 Å². The van der Waals surface area contributed by atoms with Gasteiger partial charge in [0.2, 0.25) is 5.13 Å². The second-order valence-electron chi connectivity index (χ2n) is 7.32. The topological polar surface area (TPSA) is 75.9 Å². The highest BCUT2D eigenvalue weighted by atomic mass is 32.1. The third-order valence-corrected chi connectivity index (χ3v) is 5.43. The van der Waals surface area contributed by atoms with Crippen LogP contribution in [-0.2, 0) is 12.5 Å². The van der Waals surface area contributed by atoms with Gasteiger partial charge in [-0.15, -0.1) is 10.2 Å². The lowest BCUT2D eigenvalue weighted by Gasteiger charge is -2.32. The first-order valence-electron chi connectivity index (χ1n) is 8.20. The summed E-state index contributed by atoms with van der Waals surface area (Å²) in [6.07, 6.45) is 5.37. The van der Waals surface area contributed by atoms with E-state index in [4.69, 9.17) is 0 Å². The summed E-state index contributed by atoms with van der Waals surface area (Å²) in [4.78, 5) is 18.6. The molecule has 1 aliphatic heterocycles. The fourth-order valence-corrected chi connectivity index (χ4v) is 3.64. The number of hydrogen-bond donors (Lipinski definition) is 1. The normalized spacial score (nSPS) is 18.7. The summed E-state index contributed by atoms with van der Waals surface area (Å²) >= 11 is 1.64. The number of piperidine rings is 1. The first-order chi connectivity index (χ1) is 11.3. The molecular formula is C16H24N6OS. The fraction of sp³-hybridized carbons (Fsp3) is 0.625. The van der Waals surface area contributed by atoms with Crippen LogP contribution in [0.4, 0.5) is 5.13 Å². The van der Waals surface area contributed by atoms with E-state index in [0.29, 0.717) is 5.69 Å². The van der Waals surface area contributed by atoms with Gasteiger partial charge in [-0.25, -0.2) is 4.98 Å². The lowest BCUT2D eigenvalue weighted by Crippen LogP contribution is -2.47. The Bertz CT molecular complexity index is 716. The Morgan fingerprint density at radius 1 is 1.38 bits per heavy atom. The highest BCUT2D eigenvalue weighted by Gasteiger charge is 2.26. The average molecular weight is 348 g/mol. The first-order valence-corrected chi connectivity index (χ1v) is 9.02. The maximum Gasteiger partial charge on any atom is 0.271 e. The molecule has 0 aliphatic carbocycles. The van der Waals surface area contributed by atoms with Crippen molar-refractivity contribution in [3.63, 3.8) is 0 Å². The van der Waals surface area contributed by atoms with Crippen LogP contribution in [-0.4, -0.2) is 44.8 Å². The zero-order valence-corrected chi connectivity index (χ0v) is 15.4. The molecule has 3 heterocycles. The minimum atomic E-state index is -0.116. The monoisotopic (exact) mass is 348 g/mol.